The van der Waals surface area contributed by atoms with Gasteiger partial charge in [0, 0.05) is 31.0 Å². The molecule has 0 saturated carbocycles. The first kappa shape index (κ1) is 15.1. The topological polar surface area (TPSA) is 82.9 Å². The Morgan fingerprint density at radius 1 is 1.08 bits per heavy atom. The van der Waals surface area contributed by atoms with E-state index in [9.17, 15) is 4.79 Å². The van der Waals surface area contributed by atoms with Crippen molar-refractivity contribution in [2.45, 2.75) is 5.16 Å². The maximum atomic E-state index is 13.3. The number of fused-ring (bicyclic) bond motifs is 4. The summed E-state index contributed by atoms with van der Waals surface area (Å²) >= 11 is 1.41. The second-order valence-electron chi connectivity index (χ2n) is 5.81. The maximum Gasteiger partial charge on any atom is 0.284 e. The molecule has 26 heavy (non-hydrogen) atoms. The zero-order valence-corrected chi connectivity index (χ0v) is 14.8. The first-order valence-corrected chi connectivity index (χ1v) is 9.12. The van der Waals surface area contributed by atoms with Gasteiger partial charge in [-0.25, -0.2) is 24.6 Å². The minimum Gasteiger partial charge on any atom is -0.319 e. The molecule has 0 N–H and O–H groups in total. The Morgan fingerprint density at radius 3 is 2.69 bits per heavy atom. The third kappa shape index (κ3) is 1.94. The minimum absolute atomic E-state index is 0.225. The molecule has 0 radical (unpaired) electrons. The van der Waals surface area contributed by atoms with Crippen LogP contribution in [0.5, 0.6) is 0 Å². The van der Waals surface area contributed by atoms with Gasteiger partial charge in [-0.3, -0.25) is 4.79 Å². The van der Waals surface area contributed by atoms with Crippen LogP contribution in [0.15, 0.2) is 52.8 Å². The Hall–Kier alpha value is -3.20. The van der Waals surface area contributed by atoms with E-state index in [4.69, 9.17) is 0 Å². The van der Waals surface area contributed by atoms with Gasteiger partial charge in [-0.2, -0.15) is 4.52 Å². The predicted molar refractivity (Wildman–Crippen MR) is 99.9 cm³/mol. The number of para-hydroxylation sites is 1. The monoisotopic (exact) mass is 363 g/mol. The summed E-state index contributed by atoms with van der Waals surface area (Å²) in [6, 6.07) is 7.74. The van der Waals surface area contributed by atoms with Crippen molar-refractivity contribution in [1.82, 2.24) is 33.7 Å². The van der Waals surface area contributed by atoms with Crippen LogP contribution >= 0.6 is 11.8 Å². The van der Waals surface area contributed by atoms with E-state index in [0.29, 0.717) is 27.8 Å². The summed E-state index contributed by atoms with van der Waals surface area (Å²) in [7, 11) is 1.89. The molecule has 128 valence electrons. The van der Waals surface area contributed by atoms with Crippen molar-refractivity contribution in [1.29, 1.82) is 0 Å². The second-order valence-corrected chi connectivity index (χ2v) is 6.59. The van der Waals surface area contributed by atoms with Crippen LogP contribution in [0.2, 0.25) is 0 Å². The zero-order chi connectivity index (χ0) is 17.8. The quantitative estimate of drug-likeness (QED) is 0.353. The molecule has 0 saturated heterocycles. The van der Waals surface area contributed by atoms with Crippen molar-refractivity contribution >= 4 is 39.3 Å². The molecule has 0 amide bonds. The fraction of sp³-hybridized carbons (Fsp3) is 0.118. The highest BCUT2D eigenvalue weighted by atomic mass is 32.2. The van der Waals surface area contributed by atoms with Crippen molar-refractivity contribution in [3.05, 3.63) is 53.2 Å². The van der Waals surface area contributed by atoms with Gasteiger partial charge in [0.1, 0.15) is 5.39 Å². The Kier molecular flexibility index (Phi) is 3.13. The lowest BCUT2D eigenvalue weighted by molar-refractivity contribution is 0.710. The van der Waals surface area contributed by atoms with Crippen molar-refractivity contribution in [3.8, 4) is 5.95 Å². The van der Waals surface area contributed by atoms with Crippen LogP contribution in [-0.2, 0) is 7.05 Å². The molecular weight excluding hydrogens is 350 g/mol. The molecule has 0 aliphatic heterocycles. The number of thioether (sulfide) groups is 1. The van der Waals surface area contributed by atoms with Gasteiger partial charge >= 0.3 is 0 Å². The van der Waals surface area contributed by atoms with Gasteiger partial charge in [0.25, 0.3) is 5.56 Å². The summed E-state index contributed by atoms with van der Waals surface area (Å²) < 4.78 is 5.18. The normalized spacial score (nSPS) is 11.8. The highest BCUT2D eigenvalue weighted by molar-refractivity contribution is 7.98. The highest BCUT2D eigenvalue weighted by Gasteiger charge is 2.19. The lowest BCUT2D eigenvalue weighted by Crippen LogP contribution is -2.23. The summed E-state index contributed by atoms with van der Waals surface area (Å²) in [5.74, 6) is 0.626. The molecule has 0 spiro atoms. The van der Waals surface area contributed by atoms with Gasteiger partial charge in [0.15, 0.2) is 16.5 Å². The van der Waals surface area contributed by atoms with Gasteiger partial charge in [-0.15, -0.1) is 0 Å². The minimum atomic E-state index is -0.225. The lowest BCUT2D eigenvalue weighted by atomic mass is 10.2. The molecule has 0 aliphatic rings. The Morgan fingerprint density at radius 2 is 1.92 bits per heavy atom. The fourth-order valence-corrected chi connectivity index (χ4v) is 3.46. The molecular formula is C17H13N7OS. The second kappa shape index (κ2) is 5.40. The van der Waals surface area contributed by atoms with Crippen LogP contribution in [0.25, 0.3) is 33.5 Å². The number of hydrogen-bond acceptors (Lipinski definition) is 6. The van der Waals surface area contributed by atoms with E-state index in [2.05, 4.69) is 19.9 Å². The molecule has 5 aromatic rings. The van der Waals surface area contributed by atoms with Gasteiger partial charge in [-0.05, 0) is 18.4 Å². The van der Waals surface area contributed by atoms with Crippen molar-refractivity contribution in [2.75, 3.05) is 6.26 Å². The van der Waals surface area contributed by atoms with E-state index < -0.39 is 0 Å². The molecule has 4 aromatic heterocycles. The predicted octanol–water partition coefficient (Wildman–Crippen LogP) is 2.04. The van der Waals surface area contributed by atoms with Crippen molar-refractivity contribution in [3.63, 3.8) is 0 Å². The van der Waals surface area contributed by atoms with Crippen molar-refractivity contribution < 1.29 is 0 Å². The van der Waals surface area contributed by atoms with Crippen LogP contribution in [0.3, 0.4) is 0 Å². The smallest absolute Gasteiger partial charge is 0.284 e. The zero-order valence-electron chi connectivity index (χ0n) is 14.0. The van der Waals surface area contributed by atoms with Gasteiger partial charge in [0.05, 0.1) is 5.52 Å². The average Bonchev–Trinajstić information content (AvgIpc) is 3.22. The number of imidazole rings is 1. The third-order valence-corrected chi connectivity index (χ3v) is 4.88. The summed E-state index contributed by atoms with van der Waals surface area (Å²) in [5, 5.41) is 1.82. The molecule has 4 heterocycles. The molecule has 0 atom stereocenters. The van der Waals surface area contributed by atoms with E-state index in [1.165, 1.54) is 22.5 Å². The summed E-state index contributed by atoms with van der Waals surface area (Å²) in [5.41, 5.74) is 1.57. The maximum absolute atomic E-state index is 13.3. The third-order valence-electron chi connectivity index (χ3n) is 4.32. The van der Waals surface area contributed by atoms with Gasteiger partial charge in [0.2, 0.25) is 5.95 Å². The Balaban J connectivity index is 2.05. The molecule has 8 nitrogen and oxygen atoms in total. The summed E-state index contributed by atoms with van der Waals surface area (Å²) in [6.07, 6.45) is 6.96. The van der Waals surface area contributed by atoms with Gasteiger partial charge < -0.3 is 4.57 Å². The lowest BCUT2D eigenvalue weighted by Gasteiger charge is -2.08. The molecule has 9 heteroatoms. The van der Waals surface area contributed by atoms with E-state index in [1.54, 1.807) is 10.9 Å². The van der Waals surface area contributed by atoms with Crippen LogP contribution < -0.4 is 5.56 Å². The van der Waals surface area contributed by atoms with Crippen LogP contribution in [-0.4, -0.2) is 40.0 Å². The molecule has 0 fully saturated rings. The highest BCUT2D eigenvalue weighted by Crippen LogP contribution is 2.24. The SMILES string of the molecule is CSc1ncc2c(=O)n3c(nc2n1)c1ccccc1n3-c1nccn1C. The number of hydrogen-bond donors (Lipinski definition) is 0. The van der Waals surface area contributed by atoms with E-state index in [-0.39, 0.29) is 5.56 Å². The molecule has 5 rings (SSSR count). The first-order valence-electron chi connectivity index (χ1n) is 7.90. The summed E-state index contributed by atoms with van der Waals surface area (Å²) in [6.45, 7) is 0. The van der Waals surface area contributed by atoms with E-state index in [0.717, 1.165) is 10.9 Å². The molecule has 0 unspecified atom stereocenters. The number of benzene rings is 1. The molecule has 1 aromatic carbocycles. The van der Waals surface area contributed by atoms with E-state index >= 15 is 0 Å². The fourth-order valence-electron chi connectivity index (χ4n) is 3.12. The Bertz CT molecular complexity index is 1360. The van der Waals surface area contributed by atoms with Crippen LogP contribution in [0, 0.1) is 0 Å². The Labute approximate surface area is 151 Å². The first-order chi connectivity index (χ1) is 12.7. The van der Waals surface area contributed by atoms with E-state index in [1.807, 2.05) is 48.3 Å². The number of aromatic nitrogens is 7. The summed E-state index contributed by atoms with van der Waals surface area (Å²) in [4.78, 5) is 31.0. The average molecular weight is 363 g/mol. The standard InChI is InChI=1S/C17H13N7OS/c1-22-8-7-18-17(22)23-12-6-4-3-5-10(12)14-20-13-11(15(25)24(14)23)9-19-16(21-13)26-2/h3-9H,1-2H3. The molecule has 0 bridgehead atoms. The van der Waals surface area contributed by atoms with Crippen LogP contribution in [0.4, 0.5) is 0 Å². The number of rotatable bonds is 2. The molecule has 0 aliphatic carbocycles. The van der Waals surface area contributed by atoms with Gasteiger partial charge in [-0.1, -0.05) is 23.9 Å². The number of nitrogens with zero attached hydrogens (tertiary/aromatic N) is 7. The van der Waals surface area contributed by atoms with Crippen LogP contribution in [0.1, 0.15) is 0 Å². The van der Waals surface area contributed by atoms with Crippen molar-refractivity contribution in [2.24, 2.45) is 7.05 Å². The largest absolute Gasteiger partial charge is 0.319 e. The number of aryl methyl sites for hydroxylation is 1.